The van der Waals surface area contributed by atoms with Gasteiger partial charge >= 0.3 is 0 Å². The van der Waals surface area contributed by atoms with E-state index < -0.39 is 0 Å². The first-order valence-electron chi connectivity index (χ1n) is 8.91. The molecule has 4 nitrogen and oxygen atoms in total. The van der Waals surface area contributed by atoms with Crippen molar-refractivity contribution >= 4 is 11.6 Å². The minimum absolute atomic E-state index is 0.0826. The lowest BCUT2D eigenvalue weighted by atomic mass is 10.1. The maximum absolute atomic E-state index is 14.0. The van der Waals surface area contributed by atoms with E-state index in [1.165, 1.54) is 6.07 Å². The van der Waals surface area contributed by atoms with Crippen molar-refractivity contribution in [3.63, 3.8) is 0 Å². The fourth-order valence-corrected chi connectivity index (χ4v) is 2.63. The van der Waals surface area contributed by atoms with Crippen LogP contribution in [-0.2, 0) is 6.54 Å². The zero-order chi connectivity index (χ0) is 19.1. The Hall–Kier alpha value is -2.40. The first kappa shape index (κ1) is 19.9. The van der Waals surface area contributed by atoms with Crippen LogP contribution in [0.1, 0.15) is 22.8 Å². The zero-order valence-electron chi connectivity index (χ0n) is 16.1. The third-order valence-electron chi connectivity index (χ3n) is 4.45. The Kier molecular flexibility index (Phi) is 7.16. The van der Waals surface area contributed by atoms with E-state index in [0.717, 1.165) is 18.8 Å². The predicted molar refractivity (Wildman–Crippen MR) is 105 cm³/mol. The number of carbonyl (C=O) groups excluding carboxylic acids is 1. The standard InChI is InChI=1S/C21H28FN3O/c1-5-24(4)19-12-10-17(11-13-19)21(26)25(15-14-23(2)3)16-18-8-6-7-9-20(18)22/h6-13H,5,14-16H2,1-4H3. The Labute approximate surface area is 155 Å². The number of rotatable bonds is 8. The van der Waals surface area contributed by atoms with Crippen LogP contribution >= 0.6 is 0 Å². The van der Waals surface area contributed by atoms with Crippen LogP contribution in [0.2, 0.25) is 0 Å². The molecule has 0 aliphatic rings. The molecular formula is C21H28FN3O. The molecule has 0 bridgehead atoms. The van der Waals surface area contributed by atoms with Crippen LogP contribution in [0.3, 0.4) is 0 Å². The van der Waals surface area contributed by atoms with E-state index in [1.54, 1.807) is 23.1 Å². The molecule has 2 rings (SSSR count). The SMILES string of the molecule is CCN(C)c1ccc(C(=O)N(CCN(C)C)Cc2ccccc2F)cc1. The number of likely N-dealkylation sites (N-methyl/N-ethyl adjacent to an activating group) is 1. The molecule has 0 spiro atoms. The quantitative estimate of drug-likeness (QED) is 0.724. The summed E-state index contributed by atoms with van der Waals surface area (Å²) in [5.74, 6) is -0.365. The number of hydrogen-bond donors (Lipinski definition) is 0. The average molecular weight is 357 g/mol. The van der Waals surface area contributed by atoms with Gasteiger partial charge in [-0.05, 0) is 51.4 Å². The number of nitrogens with zero attached hydrogens (tertiary/aromatic N) is 3. The Bertz CT molecular complexity index is 715. The molecule has 1 amide bonds. The van der Waals surface area contributed by atoms with E-state index in [0.29, 0.717) is 17.7 Å². The van der Waals surface area contributed by atoms with Crippen molar-refractivity contribution in [3.05, 3.63) is 65.5 Å². The Balaban J connectivity index is 2.20. The fraction of sp³-hybridized carbons (Fsp3) is 0.381. The highest BCUT2D eigenvalue weighted by atomic mass is 19.1. The molecule has 0 heterocycles. The minimum atomic E-state index is -0.282. The number of hydrogen-bond acceptors (Lipinski definition) is 3. The smallest absolute Gasteiger partial charge is 0.254 e. The summed E-state index contributed by atoms with van der Waals surface area (Å²) in [6.45, 7) is 4.50. The van der Waals surface area contributed by atoms with Crippen LogP contribution in [-0.4, -0.2) is 56.5 Å². The molecule has 5 heteroatoms. The van der Waals surface area contributed by atoms with Gasteiger partial charge in [-0.25, -0.2) is 4.39 Å². The topological polar surface area (TPSA) is 26.8 Å². The van der Waals surface area contributed by atoms with Crippen molar-refractivity contribution in [3.8, 4) is 0 Å². The molecule has 0 atom stereocenters. The minimum Gasteiger partial charge on any atom is -0.375 e. The number of halogens is 1. The van der Waals surface area contributed by atoms with E-state index in [2.05, 4.69) is 11.8 Å². The van der Waals surface area contributed by atoms with Gasteiger partial charge in [0.2, 0.25) is 0 Å². The fourth-order valence-electron chi connectivity index (χ4n) is 2.63. The van der Waals surface area contributed by atoms with Crippen LogP contribution in [0.4, 0.5) is 10.1 Å². The van der Waals surface area contributed by atoms with Crippen molar-refractivity contribution in [1.29, 1.82) is 0 Å². The van der Waals surface area contributed by atoms with Crippen molar-refractivity contribution in [1.82, 2.24) is 9.80 Å². The third-order valence-corrected chi connectivity index (χ3v) is 4.45. The first-order chi connectivity index (χ1) is 12.4. The molecule has 0 aromatic heterocycles. The maximum atomic E-state index is 14.0. The van der Waals surface area contributed by atoms with Gasteiger partial charge in [0, 0.05) is 50.0 Å². The maximum Gasteiger partial charge on any atom is 0.254 e. The summed E-state index contributed by atoms with van der Waals surface area (Å²) in [5.41, 5.74) is 2.22. The Morgan fingerprint density at radius 3 is 2.19 bits per heavy atom. The summed E-state index contributed by atoms with van der Waals surface area (Å²) in [4.78, 5) is 18.8. The number of anilines is 1. The second kappa shape index (κ2) is 9.34. The molecule has 0 unspecified atom stereocenters. The lowest BCUT2D eigenvalue weighted by Crippen LogP contribution is -2.36. The van der Waals surface area contributed by atoms with Crippen molar-refractivity contribution < 1.29 is 9.18 Å². The molecule has 0 N–H and O–H groups in total. The summed E-state index contributed by atoms with van der Waals surface area (Å²) in [6.07, 6.45) is 0. The number of benzene rings is 2. The highest BCUT2D eigenvalue weighted by molar-refractivity contribution is 5.94. The molecule has 26 heavy (non-hydrogen) atoms. The van der Waals surface area contributed by atoms with Gasteiger partial charge < -0.3 is 14.7 Å². The van der Waals surface area contributed by atoms with Gasteiger partial charge in [0.1, 0.15) is 5.82 Å². The van der Waals surface area contributed by atoms with Gasteiger partial charge in [0.25, 0.3) is 5.91 Å². The molecular weight excluding hydrogens is 329 g/mol. The normalized spacial score (nSPS) is 10.8. The summed E-state index contributed by atoms with van der Waals surface area (Å²) in [5, 5.41) is 0. The number of amides is 1. The van der Waals surface area contributed by atoms with Gasteiger partial charge in [-0.15, -0.1) is 0 Å². The van der Waals surface area contributed by atoms with E-state index >= 15 is 0 Å². The third kappa shape index (κ3) is 5.30. The highest BCUT2D eigenvalue weighted by Gasteiger charge is 2.18. The first-order valence-corrected chi connectivity index (χ1v) is 8.91. The average Bonchev–Trinajstić information content (AvgIpc) is 2.65. The molecule has 0 saturated heterocycles. The molecule has 0 fully saturated rings. The molecule has 140 valence electrons. The van der Waals surface area contributed by atoms with Crippen LogP contribution in [0, 0.1) is 5.82 Å². The van der Waals surface area contributed by atoms with E-state index in [-0.39, 0.29) is 18.3 Å². The molecule has 2 aromatic rings. The lowest BCUT2D eigenvalue weighted by molar-refractivity contribution is 0.0730. The Morgan fingerprint density at radius 2 is 1.62 bits per heavy atom. The predicted octanol–water partition coefficient (Wildman–Crippen LogP) is 3.49. The second-order valence-electron chi connectivity index (χ2n) is 6.68. The molecule has 0 radical (unpaired) electrons. The van der Waals surface area contributed by atoms with Crippen molar-refractivity contribution in [2.75, 3.05) is 45.7 Å². The van der Waals surface area contributed by atoms with Crippen LogP contribution < -0.4 is 4.90 Å². The second-order valence-corrected chi connectivity index (χ2v) is 6.68. The summed E-state index contributed by atoms with van der Waals surface area (Å²) >= 11 is 0. The van der Waals surface area contributed by atoms with E-state index in [1.807, 2.05) is 50.3 Å². The molecule has 0 aliphatic heterocycles. The van der Waals surface area contributed by atoms with Gasteiger partial charge in [-0.1, -0.05) is 18.2 Å². The van der Waals surface area contributed by atoms with Crippen LogP contribution in [0.5, 0.6) is 0 Å². The molecule has 0 saturated carbocycles. The van der Waals surface area contributed by atoms with Gasteiger partial charge in [-0.3, -0.25) is 4.79 Å². The molecule has 2 aromatic carbocycles. The van der Waals surface area contributed by atoms with Crippen molar-refractivity contribution in [2.45, 2.75) is 13.5 Å². The van der Waals surface area contributed by atoms with Crippen LogP contribution in [0.25, 0.3) is 0 Å². The lowest BCUT2D eigenvalue weighted by Gasteiger charge is -2.25. The highest BCUT2D eigenvalue weighted by Crippen LogP contribution is 2.17. The summed E-state index contributed by atoms with van der Waals surface area (Å²) in [7, 11) is 5.93. The van der Waals surface area contributed by atoms with Crippen LogP contribution in [0.15, 0.2) is 48.5 Å². The molecule has 0 aliphatic carbocycles. The summed E-state index contributed by atoms with van der Waals surface area (Å²) < 4.78 is 14.0. The number of carbonyl (C=O) groups is 1. The van der Waals surface area contributed by atoms with Crippen molar-refractivity contribution in [2.24, 2.45) is 0 Å². The zero-order valence-corrected chi connectivity index (χ0v) is 16.1. The Morgan fingerprint density at radius 1 is 0.962 bits per heavy atom. The summed E-state index contributed by atoms with van der Waals surface area (Å²) in [6, 6.07) is 14.2. The van der Waals surface area contributed by atoms with E-state index in [4.69, 9.17) is 0 Å². The van der Waals surface area contributed by atoms with E-state index in [9.17, 15) is 9.18 Å². The monoisotopic (exact) mass is 357 g/mol. The van der Waals surface area contributed by atoms with Gasteiger partial charge in [-0.2, -0.15) is 0 Å². The largest absolute Gasteiger partial charge is 0.375 e. The van der Waals surface area contributed by atoms with Gasteiger partial charge in [0.05, 0.1) is 0 Å². The van der Waals surface area contributed by atoms with Gasteiger partial charge in [0.15, 0.2) is 0 Å².